The van der Waals surface area contributed by atoms with E-state index in [0.717, 1.165) is 62.4 Å². The summed E-state index contributed by atoms with van der Waals surface area (Å²) in [5, 5.41) is 3.22. The Balaban J connectivity index is 1.52. The summed E-state index contributed by atoms with van der Waals surface area (Å²) < 4.78 is 10.7. The number of nitrogens with two attached hydrogens (primary N) is 1. The SMILES string of the molecule is COc1cc(CN2CCC(NC(=O)C3CCC(N)C3)C2)cc(OC)c1. The van der Waals surface area contributed by atoms with Crippen LogP contribution in [0.15, 0.2) is 18.2 Å². The van der Waals surface area contributed by atoms with Gasteiger partial charge >= 0.3 is 0 Å². The molecule has 1 aromatic rings. The third-order valence-corrected chi connectivity index (χ3v) is 5.28. The van der Waals surface area contributed by atoms with Gasteiger partial charge < -0.3 is 20.5 Å². The average Bonchev–Trinajstić information content (AvgIpc) is 3.23. The quantitative estimate of drug-likeness (QED) is 0.816. The summed E-state index contributed by atoms with van der Waals surface area (Å²) >= 11 is 0. The Morgan fingerprint density at radius 2 is 1.92 bits per heavy atom. The van der Waals surface area contributed by atoms with Crippen molar-refractivity contribution in [2.45, 2.75) is 44.3 Å². The van der Waals surface area contributed by atoms with Gasteiger partial charge in [-0.25, -0.2) is 0 Å². The summed E-state index contributed by atoms with van der Waals surface area (Å²) in [6, 6.07) is 6.38. The molecule has 0 spiro atoms. The fraction of sp³-hybridized carbons (Fsp3) is 0.632. The Labute approximate surface area is 149 Å². The zero-order valence-corrected chi connectivity index (χ0v) is 15.2. The number of carbonyl (C=O) groups is 1. The Kier molecular flexibility index (Phi) is 5.81. The van der Waals surface area contributed by atoms with Gasteiger partial charge in [0.2, 0.25) is 5.91 Å². The number of methoxy groups -OCH3 is 2. The molecule has 2 fully saturated rings. The Morgan fingerprint density at radius 1 is 1.20 bits per heavy atom. The van der Waals surface area contributed by atoms with Crippen LogP contribution in [0.25, 0.3) is 0 Å². The van der Waals surface area contributed by atoms with Crippen LogP contribution in [-0.4, -0.2) is 50.2 Å². The van der Waals surface area contributed by atoms with Crippen molar-refractivity contribution in [3.8, 4) is 11.5 Å². The maximum atomic E-state index is 12.4. The zero-order chi connectivity index (χ0) is 17.8. The first-order chi connectivity index (χ1) is 12.1. The molecule has 138 valence electrons. The van der Waals surface area contributed by atoms with Gasteiger partial charge in [-0.3, -0.25) is 9.69 Å². The maximum absolute atomic E-state index is 12.4. The lowest BCUT2D eigenvalue weighted by molar-refractivity contribution is -0.125. The monoisotopic (exact) mass is 347 g/mol. The second-order valence-corrected chi connectivity index (χ2v) is 7.22. The predicted molar refractivity (Wildman–Crippen MR) is 96.7 cm³/mol. The molecule has 1 saturated carbocycles. The second kappa shape index (κ2) is 8.06. The van der Waals surface area contributed by atoms with Crippen molar-refractivity contribution in [3.05, 3.63) is 23.8 Å². The van der Waals surface area contributed by atoms with Crippen molar-refractivity contribution in [2.24, 2.45) is 11.7 Å². The molecule has 3 unspecified atom stereocenters. The summed E-state index contributed by atoms with van der Waals surface area (Å²) in [6.07, 6.45) is 3.71. The van der Waals surface area contributed by atoms with E-state index >= 15 is 0 Å². The highest BCUT2D eigenvalue weighted by Crippen LogP contribution is 2.26. The molecule has 1 aromatic carbocycles. The van der Waals surface area contributed by atoms with Gasteiger partial charge in [0.15, 0.2) is 0 Å². The van der Waals surface area contributed by atoms with E-state index in [1.807, 2.05) is 18.2 Å². The molecule has 3 rings (SSSR count). The lowest BCUT2D eigenvalue weighted by atomic mass is 10.1. The van der Waals surface area contributed by atoms with Crippen molar-refractivity contribution >= 4 is 5.91 Å². The van der Waals surface area contributed by atoms with Gasteiger partial charge in [-0.1, -0.05) is 0 Å². The van der Waals surface area contributed by atoms with E-state index in [4.69, 9.17) is 15.2 Å². The van der Waals surface area contributed by atoms with Crippen LogP contribution in [0.4, 0.5) is 0 Å². The standard InChI is InChI=1S/C19H29N3O3/c1-24-17-7-13(8-18(10-17)25-2)11-22-6-5-16(12-22)21-19(23)14-3-4-15(20)9-14/h7-8,10,14-16H,3-6,9,11-12,20H2,1-2H3,(H,21,23). The number of benzene rings is 1. The van der Waals surface area contributed by atoms with Crippen molar-refractivity contribution in [2.75, 3.05) is 27.3 Å². The third-order valence-electron chi connectivity index (χ3n) is 5.28. The van der Waals surface area contributed by atoms with E-state index in [0.29, 0.717) is 0 Å². The minimum absolute atomic E-state index is 0.103. The topological polar surface area (TPSA) is 76.8 Å². The minimum atomic E-state index is 0.103. The zero-order valence-electron chi connectivity index (χ0n) is 15.2. The lowest BCUT2D eigenvalue weighted by Crippen LogP contribution is -2.40. The number of nitrogens with zero attached hydrogens (tertiary/aromatic N) is 1. The molecule has 1 amide bonds. The summed E-state index contributed by atoms with van der Waals surface area (Å²) in [5.41, 5.74) is 7.08. The van der Waals surface area contributed by atoms with Crippen molar-refractivity contribution in [3.63, 3.8) is 0 Å². The molecule has 1 heterocycles. The van der Waals surface area contributed by atoms with Crippen LogP contribution in [0.1, 0.15) is 31.2 Å². The third kappa shape index (κ3) is 4.64. The van der Waals surface area contributed by atoms with Gasteiger partial charge in [0.05, 0.1) is 14.2 Å². The Morgan fingerprint density at radius 3 is 2.52 bits per heavy atom. The molecule has 3 atom stereocenters. The van der Waals surface area contributed by atoms with E-state index in [1.54, 1.807) is 14.2 Å². The summed E-state index contributed by atoms with van der Waals surface area (Å²) in [4.78, 5) is 14.7. The van der Waals surface area contributed by atoms with Crippen LogP contribution in [0.2, 0.25) is 0 Å². The molecule has 1 saturated heterocycles. The number of hydrogen-bond acceptors (Lipinski definition) is 5. The molecule has 3 N–H and O–H groups in total. The van der Waals surface area contributed by atoms with E-state index in [1.165, 1.54) is 0 Å². The largest absolute Gasteiger partial charge is 0.497 e. The van der Waals surface area contributed by atoms with Crippen molar-refractivity contribution in [1.29, 1.82) is 0 Å². The number of rotatable bonds is 6. The van der Waals surface area contributed by atoms with Gasteiger partial charge in [0.25, 0.3) is 0 Å². The van der Waals surface area contributed by atoms with Crippen LogP contribution < -0.4 is 20.5 Å². The molecule has 0 aromatic heterocycles. The molecule has 6 nitrogen and oxygen atoms in total. The minimum Gasteiger partial charge on any atom is -0.497 e. The normalized spacial score (nSPS) is 26.6. The number of ether oxygens (including phenoxy) is 2. The van der Waals surface area contributed by atoms with E-state index < -0.39 is 0 Å². The van der Waals surface area contributed by atoms with Gasteiger partial charge in [0.1, 0.15) is 11.5 Å². The molecule has 25 heavy (non-hydrogen) atoms. The summed E-state index contributed by atoms with van der Waals surface area (Å²) in [7, 11) is 3.32. The van der Waals surface area contributed by atoms with Crippen LogP contribution in [0, 0.1) is 5.92 Å². The predicted octanol–water partition coefficient (Wildman–Crippen LogP) is 1.52. The van der Waals surface area contributed by atoms with E-state index in [-0.39, 0.29) is 23.9 Å². The number of likely N-dealkylation sites (tertiary alicyclic amines) is 1. The first-order valence-electron chi connectivity index (χ1n) is 9.07. The molecule has 1 aliphatic heterocycles. The Hall–Kier alpha value is -1.79. The smallest absolute Gasteiger partial charge is 0.223 e. The highest BCUT2D eigenvalue weighted by atomic mass is 16.5. The molecule has 0 bridgehead atoms. The van der Waals surface area contributed by atoms with Gasteiger partial charge in [-0.2, -0.15) is 0 Å². The number of nitrogens with one attached hydrogen (secondary N) is 1. The Bertz CT molecular complexity index is 585. The highest BCUT2D eigenvalue weighted by Gasteiger charge is 2.31. The molecular formula is C19H29N3O3. The van der Waals surface area contributed by atoms with Gasteiger partial charge in [0, 0.05) is 43.7 Å². The summed E-state index contributed by atoms with van der Waals surface area (Å²) in [6.45, 7) is 2.69. The summed E-state index contributed by atoms with van der Waals surface area (Å²) in [5.74, 6) is 1.89. The fourth-order valence-corrected chi connectivity index (χ4v) is 3.88. The maximum Gasteiger partial charge on any atom is 0.223 e. The lowest BCUT2D eigenvalue weighted by Gasteiger charge is -2.19. The van der Waals surface area contributed by atoms with Crippen molar-refractivity contribution < 1.29 is 14.3 Å². The van der Waals surface area contributed by atoms with E-state index in [9.17, 15) is 4.79 Å². The fourth-order valence-electron chi connectivity index (χ4n) is 3.88. The molecule has 0 radical (unpaired) electrons. The molecule has 2 aliphatic rings. The van der Waals surface area contributed by atoms with Crippen molar-refractivity contribution in [1.82, 2.24) is 10.2 Å². The molecular weight excluding hydrogens is 318 g/mol. The number of amides is 1. The van der Waals surface area contributed by atoms with Gasteiger partial charge in [-0.05, 0) is 43.4 Å². The van der Waals surface area contributed by atoms with Crippen LogP contribution in [0.5, 0.6) is 11.5 Å². The van der Waals surface area contributed by atoms with Crippen LogP contribution in [-0.2, 0) is 11.3 Å². The first-order valence-corrected chi connectivity index (χ1v) is 9.07. The average molecular weight is 347 g/mol. The molecule has 6 heteroatoms. The number of carbonyl (C=O) groups excluding carboxylic acids is 1. The second-order valence-electron chi connectivity index (χ2n) is 7.22. The molecule has 1 aliphatic carbocycles. The highest BCUT2D eigenvalue weighted by molar-refractivity contribution is 5.79. The first kappa shape index (κ1) is 18.0. The van der Waals surface area contributed by atoms with Gasteiger partial charge in [-0.15, -0.1) is 0 Å². The van der Waals surface area contributed by atoms with Crippen LogP contribution >= 0.6 is 0 Å². The number of hydrogen-bond donors (Lipinski definition) is 2. The van der Waals surface area contributed by atoms with E-state index in [2.05, 4.69) is 10.2 Å². The van der Waals surface area contributed by atoms with Crippen LogP contribution in [0.3, 0.4) is 0 Å².